The largest absolute Gasteiger partial charge is 0.353 e. The van der Waals surface area contributed by atoms with E-state index in [9.17, 15) is 0 Å². The van der Waals surface area contributed by atoms with Gasteiger partial charge in [0.05, 0.1) is 5.39 Å². The smallest absolute Gasteiger partial charge is 0.141 e. The molecule has 3 rings (SSSR count). The second kappa shape index (κ2) is 5.66. The zero-order valence-electron chi connectivity index (χ0n) is 12.2. The number of hydrogen-bond acceptors (Lipinski definition) is 5. The summed E-state index contributed by atoms with van der Waals surface area (Å²) in [4.78, 5) is 14.0. The van der Waals surface area contributed by atoms with E-state index in [0.717, 1.165) is 30.2 Å². The van der Waals surface area contributed by atoms with Gasteiger partial charge in [0, 0.05) is 17.5 Å². The summed E-state index contributed by atoms with van der Waals surface area (Å²) in [5.41, 5.74) is 7.12. The highest BCUT2D eigenvalue weighted by atomic mass is 32.1. The summed E-state index contributed by atoms with van der Waals surface area (Å²) in [6.07, 6.45) is 6.53. The van der Waals surface area contributed by atoms with E-state index < -0.39 is 0 Å². The van der Waals surface area contributed by atoms with E-state index in [1.807, 2.05) is 0 Å². The van der Waals surface area contributed by atoms with Gasteiger partial charge in [-0.3, -0.25) is 0 Å². The van der Waals surface area contributed by atoms with Crippen molar-refractivity contribution in [2.24, 2.45) is 5.73 Å². The van der Waals surface area contributed by atoms with Crippen LogP contribution in [0, 0.1) is 13.8 Å². The van der Waals surface area contributed by atoms with Crippen LogP contribution in [0.4, 0.5) is 5.82 Å². The number of hydrogen-bond donors (Lipinski definition) is 1. The monoisotopic (exact) mass is 290 g/mol. The van der Waals surface area contributed by atoms with Crippen molar-refractivity contribution in [1.29, 1.82) is 0 Å². The van der Waals surface area contributed by atoms with Crippen molar-refractivity contribution in [3.8, 4) is 0 Å². The molecule has 0 amide bonds. The quantitative estimate of drug-likeness (QED) is 0.944. The third-order valence-corrected chi connectivity index (χ3v) is 5.46. The molecule has 4 nitrogen and oxygen atoms in total. The average molecular weight is 290 g/mol. The fourth-order valence-electron chi connectivity index (χ4n) is 3.15. The highest BCUT2D eigenvalue weighted by Gasteiger charge is 2.25. The number of fused-ring (bicyclic) bond motifs is 1. The van der Waals surface area contributed by atoms with Gasteiger partial charge in [-0.05, 0) is 51.6 Å². The number of nitrogens with zero attached hydrogens (tertiary/aromatic N) is 3. The third kappa shape index (κ3) is 2.29. The van der Waals surface area contributed by atoms with Gasteiger partial charge >= 0.3 is 0 Å². The molecule has 108 valence electrons. The lowest BCUT2D eigenvalue weighted by Gasteiger charge is -2.37. The minimum atomic E-state index is 0.534. The Morgan fingerprint density at radius 3 is 3.00 bits per heavy atom. The predicted octanol–water partition coefficient (Wildman–Crippen LogP) is 3.02. The van der Waals surface area contributed by atoms with Crippen molar-refractivity contribution >= 4 is 27.4 Å². The zero-order valence-corrected chi connectivity index (χ0v) is 13.0. The molecule has 0 aliphatic carbocycles. The molecule has 0 spiro atoms. The second-order valence-corrected chi connectivity index (χ2v) is 6.78. The molecule has 20 heavy (non-hydrogen) atoms. The van der Waals surface area contributed by atoms with E-state index in [0.29, 0.717) is 6.04 Å². The van der Waals surface area contributed by atoms with Gasteiger partial charge in [0.15, 0.2) is 0 Å². The molecule has 1 unspecified atom stereocenters. The van der Waals surface area contributed by atoms with Crippen LogP contribution in [0.1, 0.15) is 36.1 Å². The number of piperidine rings is 1. The number of thiophene rings is 1. The van der Waals surface area contributed by atoms with Crippen molar-refractivity contribution in [2.75, 3.05) is 18.0 Å². The first-order valence-electron chi connectivity index (χ1n) is 7.39. The molecular formula is C15H22N4S. The third-order valence-electron chi connectivity index (χ3n) is 4.34. The summed E-state index contributed by atoms with van der Waals surface area (Å²) in [7, 11) is 0. The van der Waals surface area contributed by atoms with E-state index in [1.54, 1.807) is 17.7 Å². The van der Waals surface area contributed by atoms with Gasteiger partial charge in [0.1, 0.15) is 17.0 Å². The van der Waals surface area contributed by atoms with Crippen LogP contribution in [0.5, 0.6) is 0 Å². The molecule has 0 radical (unpaired) electrons. The first-order chi connectivity index (χ1) is 9.72. The van der Waals surface area contributed by atoms with Gasteiger partial charge < -0.3 is 10.6 Å². The van der Waals surface area contributed by atoms with Gasteiger partial charge in [0.25, 0.3) is 0 Å². The van der Waals surface area contributed by atoms with Crippen LogP contribution in [0.3, 0.4) is 0 Å². The van der Waals surface area contributed by atoms with E-state index in [-0.39, 0.29) is 0 Å². The van der Waals surface area contributed by atoms with Crippen LogP contribution in [0.25, 0.3) is 10.2 Å². The van der Waals surface area contributed by atoms with Crippen molar-refractivity contribution in [2.45, 2.75) is 45.6 Å². The second-order valence-electron chi connectivity index (χ2n) is 5.58. The molecule has 3 heterocycles. The van der Waals surface area contributed by atoms with Crippen molar-refractivity contribution in [3.63, 3.8) is 0 Å². The Morgan fingerprint density at radius 1 is 1.35 bits per heavy atom. The minimum Gasteiger partial charge on any atom is -0.353 e. The summed E-state index contributed by atoms with van der Waals surface area (Å²) in [5.74, 6) is 1.12. The van der Waals surface area contributed by atoms with Crippen molar-refractivity contribution in [3.05, 3.63) is 16.8 Å². The molecular weight excluding hydrogens is 268 g/mol. The molecule has 2 N–H and O–H groups in total. The molecule has 2 aromatic rings. The maximum Gasteiger partial charge on any atom is 0.141 e. The Balaban J connectivity index is 2.08. The summed E-state index contributed by atoms with van der Waals surface area (Å²) < 4.78 is 0. The van der Waals surface area contributed by atoms with E-state index in [1.165, 1.54) is 35.1 Å². The maximum absolute atomic E-state index is 5.79. The summed E-state index contributed by atoms with van der Waals surface area (Å²) in [5, 5.41) is 1.25. The highest BCUT2D eigenvalue weighted by Crippen LogP contribution is 2.36. The van der Waals surface area contributed by atoms with Crippen LogP contribution in [-0.2, 0) is 0 Å². The van der Waals surface area contributed by atoms with Gasteiger partial charge in [-0.2, -0.15) is 0 Å². The van der Waals surface area contributed by atoms with Crippen LogP contribution < -0.4 is 10.6 Å². The minimum absolute atomic E-state index is 0.534. The van der Waals surface area contributed by atoms with Crippen LogP contribution in [0.2, 0.25) is 0 Å². The number of nitrogens with two attached hydrogens (primary N) is 1. The molecule has 1 atom stereocenters. The summed E-state index contributed by atoms with van der Waals surface area (Å²) in [6.45, 7) is 6.18. The normalized spacial score (nSPS) is 19.8. The Morgan fingerprint density at radius 2 is 2.20 bits per heavy atom. The predicted molar refractivity (Wildman–Crippen MR) is 85.5 cm³/mol. The Kier molecular flexibility index (Phi) is 3.89. The van der Waals surface area contributed by atoms with E-state index in [4.69, 9.17) is 5.73 Å². The Labute approximate surface area is 124 Å². The molecule has 0 bridgehead atoms. The lowest BCUT2D eigenvalue weighted by Crippen LogP contribution is -2.41. The number of aryl methyl sites for hydroxylation is 2. The maximum atomic E-state index is 5.79. The standard InChI is InChI=1S/C15H22N4S/c1-10-11(2)20-15-13(10)14(17-9-18-15)19-8-4-3-5-12(19)6-7-16/h9,12H,3-8,16H2,1-2H3. The van der Waals surface area contributed by atoms with Gasteiger partial charge in [-0.1, -0.05) is 0 Å². The Hall–Kier alpha value is -1.20. The van der Waals surface area contributed by atoms with Crippen LogP contribution in [0.15, 0.2) is 6.33 Å². The fraction of sp³-hybridized carbons (Fsp3) is 0.600. The molecule has 1 aliphatic heterocycles. The van der Waals surface area contributed by atoms with Crippen molar-refractivity contribution in [1.82, 2.24) is 9.97 Å². The van der Waals surface area contributed by atoms with Gasteiger partial charge in [-0.25, -0.2) is 9.97 Å². The number of aromatic nitrogens is 2. The SMILES string of the molecule is Cc1sc2ncnc(N3CCCCC3CCN)c2c1C. The first kappa shape index (κ1) is 13.8. The molecule has 1 saturated heterocycles. The fourth-order valence-corrected chi connectivity index (χ4v) is 4.14. The topological polar surface area (TPSA) is 55.0 Å². The average Bonchev–Trinajstić information content (AvgIpc) is 2.75. The molecule has 1 aliphatic rings. The number of anilines is 1. The van der Waals surface area contributed by atoms with Gasteiger partial charge in [0.2, 0.25) is 0 Å². The van der Waals surface area contributed by atoms with Crippen LogP contribution >= 0.6 is 11.3 Å². The van der Waals surface area contributed by atoms with E-state index >= 15 is 0 Å². The van der Waals surface area contributed by atoms with Crippen LogP contribution in [-0.4, -0.2) is 29.1 Å². The van der Waals surface area contributed by atoms with E-state index in [2.05, 4.69) is 28.7 Å². The van der Waals surface area contributed by atoms with Gasteiger partial charge in [-0.15, -0.1) is 11.3 Å². The molecule has 5 heteroatoms. The zero-order chi connectivity index (χ0) is 14.1. The van der Waals surface area contributed by atoms with Crippen molar-refractivity contribution < 1.29 is 0 Å². The first-order valence-corrected chi connectivity index (χ1v) is 8.21. The molecule has 0 aromatic carbocycles. The lowest BCUT2D eigenvalue weighted by atomic mass is 9.99. The lowest BCUT2D eigenvalue weighted by molar-refractivity contribution is 0.439. The number of rotatable bonds is 3. The molecule has 0 saturated carbocycles. The highest BCUT2D eigenvalue weighted by molar-refractivity contribution is 7.18. The summed E-state index contributed by atoms with van der Waals surface area (Å²) >= 11 is 1.77. The molecule has 1 fully saturated rings. The summed E-state index contributed by atoms with van der Waals surface area (Å²) in [6, 6.07) is 0.534. The molecule has 2 aromatic heterocycles. The Bertz CT molecular complexity index is 605.